The van der Waals surface area contributed by atoms with Crippen molar-refractivity contribution in [2.45, 2.75) is 47.0 Å². The molecule has 0 fully saturated rings. The van der Waals surface area contributed by atoms with E-state index in [1.54, 1.807) is 0 Å². The van der Waals surface area contributed by atoms with E-state index in [1.807, 2.05) is 19.1 Å². The zero-order valence-electron chi connectivity index (χ0n) is 19.6. The van der Waals surface area contributed by atoms with Crippen molar-refractivity contribution in [3.63, 3.8) is 0 Å². The Morgan fingerprint density at radius 2 is 1.38 bits per heavy atom. The molecule has 5 rings (SSSR count). The topological polar surface area (TPSA) is 38.4 Å². The van der Waals surface area contributed by atoms with Crippen molar-refractivity contribution in [2.75, 3.05) is 5.73 Å². The molecule has 2 heteroatoms. The maximum Gasteiger partial charge on any atom is 0.0694 e. The van der Waals surface area contributed by atoms with Gasteiger partial charge in [0.25, 0.3) is 0 Å². The third kappa shape index (κ3) is 4.18. The highest BCUT2D eigenvalue weighted by Crippen LogP contribution is 2.34. The Bertz CT molecular complexity index is 1290. The number of rotatable bonds is 3. The first-order valence-electron chi connectivity index (χ1n) is 11.5. The fourth-order valence-electron chi connectivity index (χ4n) is 4.53. The van der Waals surface area contributed by atoms with Crippen LogP contribution in [0.25, 0.3) is 10.8 Å². The van der Waals surface area contributed by atoms with E-state index in [4.69, 9.17) is 10.7 Å². The Morgan fingerprint density at radius 3 is 2.06 bits per heavy atom. The lowest BCUT2D eigenvalue weighted by atomic mass is 10.0. The monoisotopic (exact) mass is 420 g/mol. The first-order chi connectivity index (χ1) is 15.5. The van der Waals surface area contributed by atoms with Crippen LogP contribution in [0, 0.1) is 13.8 Å². The van der Waals surface area contributed by atoms with E-state index in [0.29, 0.717) is 0 Å². The predicted molar refractivity (Wildman–Crippen MR) is 139 cm³/mol. The van der Waals surface area contributed by atoms with E-state index < -0.39 is 0 Å². The molecule has 0 aliphatic heterocycles. The quantitative estimate of drug-likeness (QED) is 0.342. The lowest BCUT2D eigenvalue weighted by Gasteiger charge is -2.08. The Balaban J connectivity index is 0.000000207. The number of aliphatic imine (C=N–C) groups is 1. The molecule has 0 radical (unpaired) electrons. The van der Waals surface area contributed by atoms with Crippen LogP contribution in [0.1, 0.15) is 47.2 Å². The third-order valence-electron chi connectivity index (χ3n) is 6.40. The summed E-state index contributed by atoms with van der Waals surface area (Å²) in [7, 11) is 0. The van der Waals surface area contributed by atoms with Gasteiger partial charge in [0, 0.05) is 17.7 Å². The van der Waals surface area contributed by atoms with Crippen LogP contribution in [0.2, 0.25) is 0 Å². The van der Waals surface area contributed by atoms with Crippen molar-refractivity contribution in [1.82, 2.24) is 0 Å². The molecule has 0 bridgehead atoms. The molecular weight excluding hydrogens is 388 g/mol. The first kappa shape index (κ1) is 21.8. The summed E-state index contributed by atoms with van der Waals surface area (Å²) < 4.78 is 0. The molecule has 1 aliphatic carbocycles. The van der Waals surface area contributed by atoms with Crippen LogP contribution >= 0.6 is 0 Å². The molecule has 0 saturated heterocycles. The molecule has 0 heterocycles. The standard InChI is InChI=1S/C21H19N.C9H13N/c1-3-15-8-4-7-14(2)21(15)22-19-13-17-11-5-9-16-10-6-12-18(19)20(16)17;1-3-8-6-4-5-7(2)9(8)10/h4-12H,3,13H2,1-2H3;4-6H,3,10H2,1-2H3. The SMILES string of the molecule is CCc1cccc(C)c1N.CCc1cccc(C)c1N=C1Cc2cccc3cccc1c23. The molecule has 4 aromatic rings. The normalized spacial score (nSPS) is 13.3. The van der Waals surface area contributed by atoms with Gasteiger partial charge in [0.1, 0.15) is 0 Å². The van der Waals surface area contributed by atoms with Gasteiger partial charge < -0.3 is 5.73 Å². The number of para-hydroxylation sites is 2. The van der Waals surface area contributed by atoms with Gasteiger partial charge >= 0.3 is 0 Å². The molecule has 32 heavy (non-hydrogen) atoms. The van der Waals surface area contributed by atoms with Crippen molar-refractivity contribution in [3.05, 3.63) is 106 Å². The number of benzene rings is 4. The van der Waals surface area contributed by atoms with Gasteiger partial charge in [0.05, 0.1) is 11.4 Å². The summed E-state index contributed by atoms with van der Waals surface area (Å²) in [5.74, 6) is 0. The summed E-state index contributed by atoms with van der Waals surface area (Å²) >= 11 is 0. The van der Waals surface area contributed by atoms with Crippen LogP contribution in [0.5, 0.6) is 0 Å². The maximum absolute atomic E-state index is 5.79. The highest BCUT2D eigenvalue weighted by Gasteiger charge is 2.20. The van der Waals surface area contributed by atoms with Gasteiger partial charge in [-0.1, -0.05) is 86.6 Å². The first-order valence-corrected chi connectivity index (χ1v) is 11.5. The van der Waals surface area contributed by atoms with Gasteiger partial charge in [-0.2, -0.15) is 0 Å². The van der Waals surface area contributed by atoms with Crippen LogP contribution in [-0.2, 0) is 19.3 Å². The van der Waals surface area contributed by atoms with E-state index in [-0.39, 0.29) is 0 Å². The van der Waals surface area contributed by atoms with Crippen LogP contribution in [0.4, 0.5) is 11.4 Å². The van der Waals surface area contributed by atoms with Crippen LogP contribution < -0.4 is 5.73 Å². The predicted octanol–water partition coefficient (Wildman–Crippen LogP) is 7.53. The maximum atomic E-state index is 5.79. The summed E-state index contributed by atoms with van der Waals surface area (Å²) in [6.07, 6.45) is 2.98. The van der Waals surface area contributed by atoms with Crippen LogP contribution in [0.15, 0.2) is 77.8 Å². The molecule has 162 valence electrons. The average Bonchev–Trinajstić information content (AvgIpc) is 3.17. The fourth-order valence-corrected chi connectivity index (χ4v) is 4.53. The number of nitrogens with zero attached hydrogens (tertiary/aromatic N) is 1. The second-order valence-electron chi connectivity index (χ2n) is 8.49. The Labute approximate surface area is 191 Å². The highest BCUT2D eigenvalue weighted by atomic mass is 14.8. The van der Waals surface area contributed by atoms with Crippen molar-refractivity contribution >= 4 is 27.9 Å². The minimum absolute atomic E-state index is 0.939. The Hall–Kier alpha value is -3.39. The van der Waals surface area contributed by atoms with E-state index >= 15 is 0 Å². The zero-order valence-corrected chi connectivity index (χ0v) is 19.6. The number of nitrogens with two attached hydrogens (primary N) is 1. The fraction of sp³-hybridized carbons (Fsp3) is 0.233. The number of nitrogen functional groups attached to an aromatic ring is 1. The van der Waals surface area contributed by atoms with Gasteiger partial charge in [-0.3, -0.25) is 4.99 Å². The van der Waals surface area contributed by atoms with Gasteiger partial charge in [-0.05, 0) is 65.3 Å². The lowest BCUT2D eigenvalue weighted by molar-refractivity contribution is 1.12. The molecule has 0 unspecified atom stereocenters. The molecule has 4 aromatic carbocycles. The van der Waals surface area contributed by atoms with E-state index in [9.17, 15) is 0 Å². The lowest BCUT2D eigenvalue weighted by Crippen LogP contribution is -1.98. The summed E-state index contributed by atoms with van der Waals surface area (Å²) in [6, 6.07) is 25.7. The van der Waals surface area contributed by atoms with Crippen LogP contribution in [0.3, 0.4) is 0 Å². The summed E-state index contributed by atoms with van der Waals surface area (Å²) in [5, 5.41) is 2.70. The second kappa shape index (κ2) is 9.40. The second-order valence-corrected chi connectivity index (χ2v) is 8.49. The van der Waals surface area contributed by atoms with Gasteiger partial charge in [0.15, 0.2) is 0 Å². The van der Waals surface area contributed by atoms with E-state index in [1.165, 1.54) is 49.9 Å². The number of aryl methyl sites for hydroxylation is 4. The van der Waals surface area contributed by atoms with E-state index in [2.05, 4.69) is 81.4 Å². The van der Waals surface area contributed by atoms with Crippen molar-refractivity contribution in [2.24, 2.45) is 4.99 Å². The largest absolute Gasteiger partial charge is 0.398 e. The minimum atomic E-state index is 0.939. The smallest absolute Gasteiger partial charge is 0.0694 e. The molecule has 1 aliphatic rings. The molecule has 2 nitrogen and oxygen atoms in total. The van der Waals surface area contributed by atoms with E-state index in [0.717, 1.165) is 30.6 Å². The molecule has 2 N–H and O–H groups in total. The van der Waals surface area contributed by atoms with Gasteiger partial charge in [0.2, 0.25) is 0 Å². The summed E-state index contributed by atoms with van der Waals surface area (Å²) in [5.41, 5.74) is 16.8. The molecule has 0 saturated carbocycles. The Morgan fingerprint density at radius 1 is 0.750 bits per heavy atom. The molecule has 0 aromatic heterocycles. The summed E-state index contributed by atoms with van der Waals surface area (Å²) in [4.78, 5) is 5.08. The van der Waals surface area contributed by atoms with Crippen LogP contribution in [-0.4, -0.2) is 5.71 Å². The minimum Gasteiger partial charge on any atom is -0.398 e. The molecule has 0 spiro atoms. The third-order valence-corrected chi connectivity index (χ3v) is 6.40. The number of hydrogen-bond acceptors (Lipinski definition) is 2. The molecule has 0 atom stereocenters. The van der Waals surface area contributed by atoms with Crippen molar-refractivity contribution < 1.29 is 0 Å². The summed E-state index contributed by atoms with van der Waals surface area (Å²) in [6.45, 7) is 8.50. The average molecular weight is 421 g/mol. The zero-order chi connectivity index (χ0) is 22.7. The molecular formula is C30H32N2. The van der Waals surface area contributed by atoms with Crippen molar-refractivity contribution in [3.8, 4) is 0 Å². The number of anilines is 1. The van der Waals surface area contributed by atoms with Gasteiger partial charge in [-0.15, -0.1) is 0 Å². The van der Waals surface area contributed by atoms with Crippen molar-refractivity contribution in [1.29, 1.82) is 0 Å². The molecule has 0 amide bonds. The van der Waals surface area contributed by atoms with Gasteiger partial charge in [-0.25, -0.2) is 0 Å². The Kier molecular flexibility index (Phi) is 6.41. The highest BCUT2D eigenvalue weighted by molar-refractivity contribution is 6.18. The number of hydrogen-bond donors (Lipinski definition) is 1.